The third-order valence-corrected chi connectivity index (χ3v) is 5.67. The molecule has 1 aliphatic rings. The first kappa shape index (κ1) is 19.9. The minimum atomic E-state index is 0.244. The maximum Gasteiger partial charge on any atom is 0.196 e. The minimum Gasteiger partial charge on any atom is -0.439 e. The molecule has 0 saturated carbocycles. The highest BCUT2D eigenvalue weighted by molar-refractivity contribution is 5.79. The zero-order valence-corrected chi connectivity index (χ0v) is 18.0. The van der Waals surface area contributed by atoms with E-state index in [1.165, 1.54) is 0 Å². The summed E-state index contributed by atoms with van der Waals surface area (Å²) in [5, 5.41) is 0. The van der Waals surface area contributed by atoms with Gasteiger partial charge in [-0.1, -0.05) is 6.92 Å². The van der Waals surface area contributed by atoms with Gasteiger partial charge in [0.15, 0.2) is 17.3 Å². The maximum absolute atomic E-state index is 6.26. The molecule has 4 heterocycles. The fraction of sp³-hybridized carbons (Fsp3) is 0.545. The van der Waals surface area contributed by atoms with Gasteiger partial charge in [0, 0.05) is 32.5 Å². The average molecular weight is 399 g/mol. The predicted octanol–water partition coefficient (Wildman–Crippen LogP) is 4.05. The Morgan fingerprint density at radius 2 is 1.90 bits per heavy atom. The van der Waals surface area contributed by atoms with Gasteiger partial charge in [-0.05, 0) is 38.3 Å². The van der Waals surface area contributed by atoms with E-state index in [1.54, 1.807) is 7.11 Å². The molecule has 4 rings (SSSR count). The lowest BCUT2D eigenvalue weighted by Gasteiger charge is -2.26. The fourth-order valence-corrected chi connectivity index (χ4v) is 4.00. The average Bonchev–Trinajstić information content (AvgIpc) is 3.26. The van der Waals surface area contributed by atoms with Crippen molar-refractivity contribution in [3.8, 4) is 11.5 Å². The third kappa shape index (κ3) is 3.65. The molecule has 7 heteroatoms. The molecule has 1 aliphatic heterocycles. The first-order chi connectivity index (χ1) is 14.0. The number of aryl methyl sites for hydroxylation is 3. The molecule has 1 fully saturated rings. The monoisotopic (exact) mass is 398 g/mol. The molecule has 156 valence electrons. The lowest BCUT2D eigenvalue weighted by Crippen LogP contribution is -2.35. The maximum atomic E-state index is 6.26. The van der Waals surface area contributed by atoms with Crippen molar-refractivity contribution >= 4 is 17.0 Å². The Hall–Kier alpha value is -2.38. The van der Waals surface area contributed by atoms with Crippen molar-refractivity contribution in [3.63, 3.8) is 0 Å². The van der Waals surface area contributed by atoms with Gasteiger partial charge in [-0.3, -0.25) is 0 Å². The molecule has 0 radical (unpaired) electrons. The molecule has 0 aliphatic carbocycles. The zero-order chi connectivity index (χ0) is 20.5. The van der Waals surface area contributed by atoms with E-state index in [2.05, 4.69) is 42.5 Å². The molecular weight excluding hydrogens is 368 g/mol. The van der Waals surface area contributed by atoms with E-state index in [1.807, 2.05) is 6.92 Å². The van der Waals surface area contributed by atoms with E-state index in [9.17, 15) is 0 Å². The lowest BCUT2D eigenvalue weighted by molar-refractivity contribution is 0.121. The number of morpholine rings is 1. The standard InChI is InChI=1S/C22H30N4O3/c1-6-17(13-27-5)26-12-15(3)19-22(26)23-16(4)20(24-19)21-14(2)11-18(29-21)25-7-9-28-10-8-25/h11-12,17H,6-10,13H2,1-5H3. The number of nitrogens with zero attached hydrogens (tertiary/aromatic N) is 4. The van der Waals surface area contributed by atoms with Crippen molar-refractivity contribution < 1.29 is 13.9 Å². The molecule has 1 saturated heterocycles. The Bertz CT molecular complexity index is 1000. The molecule has 0 amide bonds. The smallest absolute Gasteiger partial charge is 0.196 e. The second-order valence-electron chi connectivity index (χ2n) is 7.76. The van der Waals surface area contributed by atoms with Gasteiger partial charge in [0.1, 0.15) is 11.2 Å². The van der Waals surface area contributed by atoms with Gasteiger partial charge in [0.05, 0.1) is 31.6 Å². The van der Waals surface area contributed by atoms with Crippen LogP contribution in [-0.4, -0.2) is 54.6 Å². The number of fused-ring (bicyclic) bond motifs is 1. The Morgan fingerprint density at radius 1 is 1.14 bits per heavy atom. The number of ether oxygens (including phenoxy) is 2. The van der Waals surface area contributed by atoms with Gasteiger partial charge in [0.25, 0.3) is 0 Å². The van der Waals surface area contributed by atoms with E-state index < -0.39 is 0 Å². The van der Waals surface area contributed by atoms with E-state index >= 15 is 0 Å². The first-order valence-corrected chi connectivity index (χ1v) is 10.3. The van der Waals surface area contributed by atoms with Crippen molar-refractivity contribution in [2.24, 2.45) is 0 Å². The van der Waals surface area contributed by atoms with Crippen LogP contribution in [0.2, 0.25) is 0 Å². The number of rotatable bonds is 6. The van der Waals surface area contributed by atoms with Gasteiger partial charge < -0.3 is 23.4 Å². The molecule has 0 N–H and O–H groups in total. The summed E-state index contributed by atoms with van der Waals surface area (Å²) < 4.78 is 19.3. The van der Waals surface area contributed by atoms with Crippen LogP contribution in [-0.2, 0) is 9.47 Å². The van der Waals surface area contributed by atoms with Crippen LogP contribution in [0.25, 0.3) is 22.6 Å². The third-order valence-electron chi connectivity index (χ3n) is 5.67. The van der Waals surface area contributed by atoms with Gasteiger partial charge in [-0.2, -0.15) is 0 Å². The summed E-state index contributed by atoms with van der Waals surface area (Å²) in [5.74, 6) is 1.68. The molecule has 0 aromatic carbocycles. The number of hydrogen-bond donors (Lipinski definition) is 0. The lowest BCUT2D eigenvalue weighted by atomic mass is 10.2. The van der Waals surface area contributed by atoms with Crippen molar-refractivity contribution in [2.45, 2.75) is 40.2 Å². The number of hydrogen-bond acceptors (Lipinski definition) is 6. The molecule has 0 spiro atoms. The Balaban J connectivity index is 1.77. The number of methoxy groups -OCH3 is 1. The number of aromatic nitrogens is 3. The summed E-state index contributed by atoms with van der Waals surface area (Å²) in [7, 11) is 1.74. The molecular formula is C22H30N4O3. The van der Waals surface area contributed by atoms with E-state index in [-0.39, 0.29) is 6.04 Å². The molecule has 3 aromatic heterocycles. The highest BCUT2D eigenvalue weighted by Gasteiger charge is 2.22. The van der Waals surface area contributed by atoms with Crippen LogP contribution in [0, 0.1) is 20.8 Å². The summed E-state index contributed by atoms with van der Waals surface area (Å²) in [5.41, 5.74) is 5.70. The highest BCUT2D eigenvalue weighted by Crippen LogP contribution is 2.34. The van der Waals surface area contributed by atoms with Crippen LogP contribution < -0.4 is 4.90 Å². The summed E-state index contributed by atoms with van der Waals surface area (Å²) in [6.45, 7) is 12.1. The molecule has 7 nitrogen and oxygen atoms in total. The summed E-state index contributed by atoms with van der Waals surface area (Å²) in [6, 6.07) is 2.34. The topological polar surface area (TPSA) is 65.5 Å². The highest BCUT2D eigenvalue weighted by atomic mass is 16.5. The predicted molar refractivity (Wildman–Crippen MR) is 114 cm³/mol. The fourth-order valence-electron chi connectivity index (χ4n) is 4.00. The normalized spacial score (nSPS) is 16.0. The Kier molecular flexibility index (Phi) is 5.61. The van der Waals surface area contributed by atoms with Crippen molar-refractivity contribution in [1.29, 1.82) is 0 Å². The SMILES string of the molecule is CCC(COC)n1cc(C)c2nc(-c3oc(N4CCOCC4)cc3C)c(C)nc21. The molecule has 3 aromatic rings. The molecule has 1 atom stereocenters. The van der Waals surface area contributed by atoms with E-state index in [0.29, 0.717) is 6.61 Å². The number of furan rings is 1. The summed E-state index contributed by atoms with van der Waals surface area (Å²) in [4.78, 5) is 12.2. The second-order valence-corrected chi connectivity index (χ2v) is 7.76. The van der Waals surface area contributed by atoms with Gasteiger partial charge in [0.2, 0.25) is 0 Å². The summed E-state index contributed by atoms with van der Waals surface area (Å²) >= 11 is 0. The van der Waals surface area contributed by atoms with Crippen molar-refractivity contribution in [1.82, 2.24) is 14.5 Å². The van der Waals surface area contributed by atoms with E-state index in [4.69, 9.17) is 23.9 Å². The van der Waals surface area contributed by atoms with Gasteiger partial charge >= 0.3 is 0 Å². The quantitative estimate of drug-likeness (QED) is 0.624. The second kappa shape index (κ2) is 8.16. The first-order valence-electron chi connectivity index (χ1n) is 10.3. The van der Waals surface area contributed by atoms with Crippen LogP contribution in [0.4, 0.5) is 5.88 Å². The van der Waals surface area contributed by atoms with Crippen LogP contribution in [0.5, 0.6) is 0 Å². The van der Waals surface area contributed by atoms with Crippen molar-refractivity contribution in [3.05, 3.63) is 29.1 Å². The van der Waals surface area contributed by atoms with Crippen LogP contribution in [0.3, 0.4) is 0 Å². The van der Waals surface area contributed by atoms with Gasteiger partial charge in [-0.25, -0.2) is 9.97 Å². The van der Waals surface area contributed by atoms with Crippen LogP contribution in [0.15, 0.2) is 16.7 Å². The molecule has 29 heavy (non-hydrogen) atoms. The Morgan fingerprint density at radius 3 is 2.59 bits per heavy atom. The molecule has 0 bridgehead atoms. The van der Waals surface area contributed by atoms with Crippen LogP contribution in [0.1, 0.15) is 36.2 Å². The van der Waals surface area contributed by atoms with Crippen molar-refractivity contribution in [2.75, 3.05) is 44.9 Å². The molecule has 1 unspecified atom stereocenters. The Labute approximate surface area is 171 Å². The van der Waals surface area contributed by atoms with Crippen LogP contribution >= 0.6 is 0 Å². The summed E-state index contributed by atoms with van der Waals surface area (Å²) in [6.07, 6.45) is 3.11. The largest absolute Gasteiger partial charge is 0.439 e. The van der Waals surface area contributed by atoms with E-state index in [0.717, 1.165) is 78.0 Å². The zero-order valence-electron chi connectivity index (χ0n) is 18.0. The van der Waals surface area contributed by atoms with Gasteiger partial charge in [-0.15, -0.1) is 0 Å². The minimum absolute atomic E-state index is 0.244. The number of anilines is 1.